The minimum Gasteiger partial charge on any atom is -0.481 e. The number of rotatable bonds is 4. The van der Waals surface area contributed by atoms with Gasteiger partial charge in [-0.15, -0.1) is 5.10 Å². The number of carboxylic acid groups (broad SMARTS) is 1. The molecular formula is C23H14Cl2N4O2. The van der Waals surface area contributed by atoms with Crippen LogP contribution in [0.1, 0.15) is 17.0 Å². The molecule has 0 radical (unpaired) electrons. The molecule has 3 aromatic carbocycles. The Hall–Kier alpha value is -3.48. The van der Waals surface area contributed by atoms with Crippen LogP contribution in [0.4, 0.5) is 0 Å². The predicted molar refractivity (Wildman–Crippen MR) is 120 cm³/mol. The SMILES string of the molecule is O=C(O)C(c1ccc(Cl)cc1)c1ccc2c(c1)c(-c1cccc(Cl)c1)cc1nnnn12. The highest BCUT2D eigenvalue weighted by Gasteiger charge is 2.23. The second kappa shape index (κ2) is 7.65. The van der Waals surface area contributed by atoms with E-state index in [1.54, 1.807) is 40.9 Å². The van der Waals surface area contributed by atoms with Crippen molar-refractivity contribution in [1.82, 2.24) is 20.0 Å². The van der Waals surface area contributed by atoms with Gasteiger partial charge in [-0.05, 0) is 75.1 Å². The Labute approximate surface area is 186 Å². The fraction of sp³-hybridized carbons (Fsp3) is 0.0435. The van der Waals surface area contributed by atoms with Crippen LogP contribution in [0.2, 0.25) is 10.0 Å². The summed E-state index contributed by atoms with van der Waals surface area (Å²) in [4.78, 5) is 12.2. The molecule has 2 heterocycles. The van der Waals surface area contributed by atoms with Gasteiger partial charge in [-0.25, -0.2) is 0 Å². The van der Waals surface area contributed by atoms with E-state index < -0.39 is 11.9 Å². The van der Waals surface area contributed by atoms with Gasteiger partial charge in [-0.2, -0.15) is 4.52 Å². The lowest BCUT2D eigenvalue weighted by atomic mass is 9.89. The van der Waals surface area contributed by atoms with E-state index in [2.05, 4.69) is 15.5 Å². The van der Waals surface area contributed by atoms with Gasteiger partial charge in [0.1, 0.15) is 5.92 Å². The lowest BCUT2D eigenvalue weighted by Gasteiger charge is -2.16. The average molecular weight is 449 g/mol. The maximum atomic E-state index is 12.2. The molecule has 1 unspecified atom stereocenters. The third-order valence-corrected chi connectivity index (χ3v) is 5.71. The van der Waals surface area contributed by atoms with Crippen LogP contribution in [0.5, 0.6) is 0 Å². The number of aliphatic carboxylic acids is 1. The van der Waals surface area contributed by atoms with Gasteiger partial charge >= 0.3 is 5.97 Å². The molecule has 8 heteroatoms. The first kappa shape index (κ1) is 19.5. The summed E-state index contributed by atoms with van der Waals surface area (Å²) in [6.45, 7) is 0. The monoisotopic (exact) mass is 448 g/mol. The zero-order chi connectivity index (χ0) is 21.5. The Kier molecular flexibility index (Phi) is 4.81. The number of carboxylic acids is 1. The van der Waals surface area contributed by atoms with Gasteiger partial charge in [0.05, 0.1) is 5.52 Å². The Morgan fingerprint density at radius 2 is 1.68 bits per heavy atom. The molecule has 0 bridgehead atoms. The summed E-state index contributed by atoms with van der Waals surface area (Å²) in [5.74, 6) is -1.80. The first-order chi connectivity index (χ1) is 15.0. The molecule has 5 rings (SSSR count). The molecule has 1 atom stereocenters. The van der Waals surface area contributed by atoms with Crippen molar-refractivity contribution in [2.75, 3.05) is 0 Å². The highest BCUT2D eigenvalue weighted by Crippen LogP contribution is 2.35. The zero-order valence-electron chi connectivity index (χ0n) is 15.9. The molecule has 0 aliphatic rings. The van der Waals surface area contributed by atoms with E-state index in [4.69, 9.17) is 23.2 Å². The van der Waals surface area contributed by atoms with E-state index in [0.717, 1.165) is 22.0 Å². The largest absolute Gasteiger partial charge is 0.481 e. The summed E-state index contributed by atoms with van der Waals surface area (Å²) in [5.41, 5.74) is 4.38. The van der Waals surface area contributed by atoms with Crippen LogP contribution < -0.4 is 0 Å². The van der Waals surface area contributed by atoms with E-state index in [9.17, 15) is 9.90 Å². The van der Waals surface area contributed by atoms with Gasteiger partial charge in [0.2, 0.25) is 0 Å². The lowest BCUT2D eigenvalue weighted by Crippen LogP contribution is -2.13. The first-order valence-corrected chi connectivity index (χ1v) is 10.2. The summed E-state index contributed by atoms with van der Waals surface area (Å²) in [5, 5.41) is 23.9. The predicted octanol–water partition coefficient (Wildman–Crippen LogP) is 5.47. The third kappa shape index (κ3) is 3.50. The molecule has 5 aromatic rings. The molecule has 0 aliphatic heterocycles. The second-order valence-electron chi connectivity index (χ2n) is 7.12. The number of halogens is 2. The number of fused-ring (bicyclic) bond motifs is 3. The minimum absolute atomic E-state index is 0.552. The summed E-state index contributed by atoms with van der Waals surface area (Å²) < 4.78 is 1.63. The van der Waals surface area contributed by atoms with E-state index in [1.807, 2.05) is 36.4 Å². The summed E-state index contributed by atoms with van der Waals surface area (Å²) in [7, 11) is 0. The maximum Gasteiger partial charge on any atom is 0.315 e. The maximum absolute atomic E-state index is 12.2. The van der Waals surface area contributed by atoms with Crippen molar-refractivity contribution in [3.63, 3.8) is 0 Å². The fourth-order valence-corrected chi connectivity index (χ4v) is 4.14. The summed E-state index contributed by atoms with van der Waals surface area (Å²) in [6.07, 6.45) is 0. The van der Waals surface area contributed by atoms with E-state index in [1.165, 1.54) is 0 Å². The Bertz CT molecular complexity index is 1450. The van der Waals surface area contributed by atoms with Crippen molar-refractivity contribution >= 4 is 45.7 Å². The van der Waals surface area contributed by atoms with Gasteiger partial charge in [0, 0.05) is 15.4 Å². The molecule has 31 heavy (non-hydrogen) atoms. The molecule has 0 amide bonds. The first-order valence-electron chi connectivity index (χ1n) is 9.40. The highest BCUT2D eigenvalue weighted by molar-refractivity contribution is 6.31. The van der Waals surface area contributed by atoms with Crippen LogP contribution in [-0.2, 0) is 4.79 Å². The number of nitrogens with zero attached hydrogens (tertiary/aromatic N) is 4. The Balaban J connectivity index is 1.78. The molecule has 0 fully saturated rings. The molecule has 6 nitrogen and oxygen atoms in total. The van der Waals surface area contributed by atoms with Crippen LogP contribution in [-0.4, -0.2) is 31.1 Å². The molecule has 2 aromatic heterocycles. The van der Waals surface area contributed by atoms with Gasteiger partial charge in [-0.1, -0.05) is 53.5 Å². The average Bonchev–Trinajstić information content (AvgIpc) is 3.23. The van der Waals surface area contributed by atoms with Crippen molar-refractivity contribution in [1.29, 1.82) is 0 Å². The standard InChI is InChI=1S/C23H14Cl2N4O2/c24-16-7-4-13(5-8-16)22(23(30)31)15-6-9-20-19(11-15)18(12-21-26-27-28-29(20)21)14-2-1-3-17(25)10-14/h1-12,22H,(H,30,31). The Morgan fingerprint density at radius 1 is 0.903 bits per heavy atom. The van der Waals surface area contributed by atoms with Gasteiger partial charge in [0.15, 0.2) is 5.65 Å². The van der Waals surface area contributed by atoms with Crippen LogP contribution in [0.3, 0.4) is 0 Å². The van der Waals surface area contributed by atoms with Crippen molar-refractivity contribution < 1.29 is 9.90 Å². The van der Waals surface area contributed by atoms with Crippen LogP contribution >= 0.6 is 23.2 Å². The van der Waals surface area contributed by atoms with Crippen molar-refractivity contribution in [2.24, 2.45) is 0 Å². The number of pyridine rings is 1. The molecule has 0 spiro atoms. The number of benzene rings is 3. The topological polar surface area (TPSA) is 80.4 Å². The van der Waals surface area contributed by atoms with E-state index in [-0.39, 0.29) is 0 Å². The number of hydrogen-bond acceptors (Lipinski definition) is 4. The highest BCUT2D eigenvalue weighted by atomic mass is 35.5. The lowest BCUT2D eigenvalue weighted by molar-refractivity contribution is -0.137. The summed E-state index contributed by atoms with van der Waals surface area (Å²) in [6, 6.07) is 21.7. The third-order valence-electron chi connectivity index (χ3n) is 5.23. The minimum atomic E-state index is -0.950. The fourth-order valence-electron chi connectivity index (χ4n) is 3.82. The molecule has 0 saturated carbocycles. The second-order valence-corrected chi connectivity index (χ2v) is 7.99. The molecular weight excluding hydrogens is 435 g/mol. The smallest absolute Gasteiger partial charge is 0.315 e. The van der Waals surface area contributed by atoms with Gasteiger partial charge in [-0.3, -0.25) is 4.79 Å². The van der Waals surface area contributed by atoms with Crippen LogP contribution in [0.25, 0.3) is 27.7 Å². The normalized spacial score (nSPS) is 12.3. The van der Waals surface area contributed by atoms with E-state index in [0.29, 0.717) is 26.8 Å². The van der Waals surface area contributed by atoms with Gasteiger partial charge < -0.3 is 5.11 Å². The molecule has 152 valence electrons. The van der Waals surface area contributed by atoms with Crippen LogP contribution in [0.15, 0.2) is 72.8 Å². The quantitative estimate of drug-likeness (QED) is 0.394. The zero-order valence-corrected chi connectivity index (χ0v) is 17.4. The van der Waals surface area contributed by atoms with Crippen molar-refractivity contribution in [2.45, 2.75) is 5.92 Å². The number of hydrogen-bond donors (Lipinski definition) is 1. The summed E-state index contributed by atoms with van der Waals surface area (Å²) >= 11 is 12.2. The van der Waals surface area contributed by atoms with Crippen molar-refractivity contribution in [3.8, 4) is 11.1 Å². The Morgan fingerprint density at radius 3 is 2.42 bits per heavy atom. The molecule has 0 saturated heterocycles. The molecule has 0 aliphatic carbocycles. The van der Waals surface area contributed by atoms with Crippen LogP contribution in [0, 0.1) is 0 Å². The molecule has 1 N–H and O–H groups in total. The van der Waals surface area contributed by atoms with E-state index >= 15 is 0 Å². The number of carbonyl (C=O) groups is 1. The number of aromatic nitrogens is 4. The van der Waals surface area contributed by atoms with Gasteiger partial charge in [0.25, 0.3) is 0 Å². The number of tetrazole rings is 1. The van der Waals surface area contributed by atoms with Crippen molar-refractivity contribution in [3.05, 3.63) is 94.0 Å².